The average molecular weight is 308 g/mol. The molecule has 2 aromatic heterocycles. The second-order valence-electron chi connectivity index (χ2n) is 3.69. The molecule has 18 heavy (non-hydrogen) atoms. The summed E-state index contributed by atoms with van der Waals surface area (Å²) in [4.78, 5) is 30.4. The Morgan fingerprint density at radius 1 is 1.44 bits per heavy atom. The van der Waals surface area contributed by atoms with Crippen LogP contribution < -0.4 is 10.7 Å². The number of hydrogen-bond acceptors (Lipinski definition) is 3. The summed E-state index contributed by atoms with van der Waals surface area (Å²) in [6.07, 6.45) is 1.39. The molecule has 2 aromatic rings. The lowest BCUT2D eigenvalue weighted by Gasteiger charge is -2.04. The standard InChI is InChI=1S/C12H10BrN3O2/c1-7-5-9(17)8(6-14-7)12(18)16-11-4-2-3-10(13)15-11/h2-6H,1H3,(H,14,17)(H,15,16,18). The molecule has 5 nitrogen and oxygen atoms in total. The normalized spacial score (nSPS) is 10.1. The Bertz CT molecular complexity index is 652. The van der Waals surface area contributed by atoms with E-state index >= 15 is 0 Å². The first-order valence-electron chi connectivity index (χ1n) is 5.19. The first kappa shape index (κ1) is 12.5. The molecule has 0 aromatic carbocycles. The van der Waals surface area contributed by atoms with Crippen molar-refractivity contribution in [1.82, 2.24) is 9.97 Å². The van der Waals surface area contributed by atoms with Gasteiger partial charge in [0.25, 0.3) is 5.91 Å². The van der Waals surface area contributed by atoms with Crippen LogP contribution in [0.25, 0.3) is 0 Å². The van der Waals surface area contributed by atoms with Crippen LogP contribution in [-0.2, 0) is 0 Å². The van der Waals surface area contributed by atoms with Crippen molar-refractivity contribution in [3.63, 3.8) is 0 Å². The van der Waals surface area contributed by atoms with Gasteiger partial charge in [0.2, 0.25) is 0 Å². The highest BCUT2D eigenvalue weighted by Gasteiger charge is 2.11. The van der Waals surface area contributed by atoms with Gasteiger partial charge in [0, 0.05) is 18.0 Å². The largest absolute Gasteiger partial charge is 0.364 e. The van der Waals surface area contributed by atoms with Gasteiger partial charge in [-0.3, -0.25) is 9.59 Å². The third kappa shape index (κ3) is 2.84. The van der Waals surface area contributed by atoms with E-state index in [4.69, 9.17) is 0 Å². The number of halogens is 1. The summed E-state index contributed by atoms with van der Waals surface area (Å²) in [6, 6.07) is 6.51. The molecular weight excluding hydrogens is 298 g/mol. The van der Waals surface area contributed by atoms with Crippen molar-refractivity contribution in [2.75, 3.05) is 5.32 Å². The summed E-state index contributed by atoms with van der Waals surface area (Å²) >= 11 is 3.20. The first-order valence-corrected chi connectivity index (χ1v) is 5.99. The van der Waals surface area contributed by atoms with Gasteiger partial charge >= 0.3 is 0 Å². The lowest BCUT2D eigenvalue weighted by Crippen LogP contribution is -2.22. The monoisotopic (exact) mass is 307 g/mol. The lowest BCUT2D eigenvalue weighted by molar-refractivity contribution is 0.102. The summed E-state index contributed by atoms with van der Waals surface area (Å²) in [6.45, 7) is 1.75. The molecule has 2 N–H and O–H groups in total. The van der Waals surface area contributed by atoms with Crippen LogP contribution >= 0.6 is 15.9 Å². The van der Waals surface area contributed by atoms with Crippen LogP contribution in [-0.4, -0.2) is 15.9 Å². The van der Waals surface area contributed by atoms with E-state index in [9.17, 15) is 9.59 Å². The Balaban J connectivity index is 2.25. The molecule has 0 unspecified atom stereocenters. The second kappa shape index (κ2) is 5.14. The Kier molecular flexibility index (Phi) is 3.57. The van der Waals surface area contributed by atoms with E-state index in [2.05, 4.69) is 31.2 Å². The van der Waals surface area contributed by atoms with Gasteiger partial charge in [0.15, 0.2) is 5.43 Å². The topological polar surface area (TPSA) is 74.8 Å². The van der Waals surface area contributed by atoms with Gasteiger partial charge in [-0.05, 0) is 35.0 Å². The summed E-state index contributed by atoms with van der Waals surface area (Å²) in [7, 11) is 0. The first-order chi connectivity index (χ1) is 8.56. The number of nitrogens with one attached hydrogen (secondary N) is 2. The highest BCUT2D eigenvalue weighted by atomic mass is 79.9. The molecule has 0 aliphatic heterocycles. The van der Waals surface area contributed by atoms with Crippen LogP contribution in [0.3, 0.4) is 0 Å². The fourth-order valence-electron chi connectivity index (χ4n) is 1.41. The summed E-state index contributed by atoms with van der Waals surface area (Å²) < 4.78 is 0.609. The zero-order chi connectivity index (χ0) is 13.1. The Morgan fingerprint density at radius 2 is 2.22 bits per heavy atom. The van der Waals surface area contributed by atoms with Gasteiger partial charge in [-0.1, -0.05) is 6.07 Å². The maximum Gasteiger partial charge on any atom is 0.262 e. The highest BCUT2D eigenvalue weighted by molar-refractivity contribution is 9.10. The number of anilines is 1. The van der Waals surface area contributed by atoms with Gasteiger partial charge in [-0.2, -0.15) is 0 Å². The number of rotatable bonds is 2. The van der Waals surface area contributed by atoms with E-state index in [0.717, 1.165) is 0 Å². The number of pyridine rings is 2. The van der Waals surface area contributed by atoms with Crippen LogP contribution in [0, 0.1) is 6.92 Å². The van der Waals surface area contributed by atoms with Crippen molar-refractivity contribution in [3.8, 4) is 0 Å². The van der Waals surface area contributed by atoms with Crippen LogP contribution in [0.2, 0.25) is 0 Å². The summed E-state index contributed by atoms with van der Waals surface area (Å²) in [5.74, 6) is -0.101. The van der Waals surface area contributed by atoms with Gasteiger partial charge in [0.05, 0.1) is 0 Å². The van der Waals surface area contributed by atoms with Crippen LogP contribution in [0.4, 0.5) is 5.82 Å². The molecule has 0 fully saturated rings. The van der Waals surface area contributed by atoms with Gasteiger partial charge in [0.1, 0.15) is 16.0 Å². The molecule has 0 aliphatic carbocycles. The van der Waals surface area contributed by atoms with E-state index in [1.54, 1.807) is 25.1 Å². The molecule has 2 heterocycles. The number of carbonyl (C=O) groups excluding carboxylic acids is 1. The van der Waals surface area contributed by atoms with Gasteiger partial charge in [-0.15, -0.1) is 0 Å². The molecule has 0 saturated carbocycles. The van der Waals surface area contributed by atoms with E-state index < -0.39 is 5.91 Å². The van der Waals surface area contributed by atoms with E-state index in [0.29, 0.717) is 16.1 Å². The molecule has 92 valence electrons. The number of carbonyl (C=O) groups is 1. The lowest BCUT2D eigenvalue weighted by atomic mass is 10.2. The third-order valence-corrected chi connectivity index (χ3v) is 2.70. The number of aromatic nitrogens is 2. The van der Waals surface area contributed by atoms with Crippen molar-refractivity contribution in [3.05, 3.63) is 56.5 Å². The van der Waals surface area contributed by atoms with Crippen LogP contribution in [0.15, 0.2) is 39.9 Å². The third-order valence-electron chi connectivity index (χ3n) is 2.26. The van der Waals surface area contributed by atoms with Crippen LogP contribution in [0.5, 0.6) is 0 Å². The fraction of sp³-hybridized carbons (Fsp3) is 0.0833. The molecule has 0 spiro atoms. The predicted molar refractivity (Wildman–Crippen MR) is 71.7 cm³/mol. The quantitative estimate of drug-likeness (QED) is 0.834. The van der Waals surface area contributed by atoms with Crippen molar-refractivity contribution in [2.24, 2.45) is 0 Å². The summed E-state index contributed by atoms with van der Waals surface area (Å²) in [5, 5.41) is 2.56. The molecular formula is C12H10BrN3O2. The minimum absolute atomic E-state index is 0.0578. The van der Waals surface area contributed by atoms with E-state index in [-0.39, 0.29) is 11.0 Å². The molecule has 0 saturated heterocycles. The SMILES string of the molecule is Cc1cc(=O)c(C(=O)Nc2cccc(Br)n2)c[nH]1. The summed E-state index contributed by atoms with van der Waals surface area (Å²) in [5.41, 5.74) is 0.443. The Labute approximate surface area is 111 Å². The number of hydrogen-bond donors (Lipinski definition) is 2. The van der Waals surface area contributed by atoms with Crippen molar-refractivity contribution < 1.29 is 4.79 Å². The molecule has 0 atom stereocenters. The minimum Gasteiger partial charge on any atom is -0.364 e. The molecule has 1 amide bonds. The predicted octanol–water partition coefficient (Wildman–Crippen LogP) is 2.09. The van der Waals surface area contributed by atoms with Crippen molar-refractivity contribution in [2.45, 2.75) is 6.92 Å². The highest BCUT2D eigenvalue weighted by Crippen LogP contribution is 2.10. The number of aromatic amines is 1. The Morgan fingerprint density at radius 3 is 2.89 bits per heavy atom. The van der Waals surface area contributed by atoms with Crippen molar-refractivity contribution in [1.29, 1.82) is 0 Å². The maximum atomic E-state index is 11.9. The van der Waals surface area contributed by atoms with Crippen LogP contribution in [0.1, 0.15) is 16.1 Å². The number of aryl methyl sites for hydroxylation is 1. The number of nitrogens with zero attached hydrogens (tertiary/aromatic N) is 1. The second-order valence-corrected chi connectivity index (χ2v) is 4.51. The maximum absolute atomic E-state index is 11.9. The van der Waals surface area contributed by atoms with Gasteiger partial charge < -0.3 is 10.3 Å². The molecule has 6 heteroatoms. The van der Waals surface area contributed by atoms with Crippen molar-refractivity contribution >= 4 is 27.7 Å². The molecule has 0 bridgehead atoms. The minimum atomic E-state index is -0.484. The average Bonchev–Trinajstić information content (AvgIpc) is 2.28. The Hall–Kier alpha value is -1.95. The van der Waals surface area contributed by atoms with E-state index in [1.807, 2.05) is 0 Å². The smallest absolute Gasteiger partial charge is 0.262 e. The zero-order valence-electron chi connectivity index (χ0n) is 9.53. The number of amides is 1. The molecule has 0 aliphatic rings. The number of H-pyrrole nitrogens is 1. The molecule has 2 rings (SSSR count). The van der Waals surface area contributed by atoms with Gasteiger partial charge in [-0.25, -0.2) is 4.98 Å². The zero-order valence-corrected chi connectivity index (χ0v) is 11.1. The van der Waals surface area contributed by atoms with E-state index in [1.165, 1.54) is 12.3 Å². The molecule has 0 radical (unpaired) electrons. The fourth-order valence-corrected chi connectivity index (χ4v) is 1.76.